The van der Waals surface area contributed by atoms with Crippen LogP contribution in [0.4, 0.5) is 5.69 Å². The number of benzene rings is 1. The van der Waals surface area contributed by atoms with Crippen LogP contribution >= 0.6 is 23.7 Å². The molecular weight excluding hydrogens is 406 g/mol. The van der Waals surface area contributed by atoms with E-state index in [1.54, 1.807) is 41.8 Å². The highest BCUT2D eigenvalue weighted by Crippen LogP contribution is 2.20. The van der Waals surface area contributed by atoms with Crippen molar-refractivity contribution in [2.75, 3.05) is 11.3 Å². The number of sulfonamides is 1. The number of carbonyl (C=O) groups excluding carboxylic acids is 1. The van der Waals surface area contributed by atoms with Crippen LogP contribution in [0.5, 0.6) is 0 Å². The summed E-state index contributed by atoms with van der Waals surface area (Å²) in [7, 11) is -3.55. The van der Waals surface area contributed by atoms with Crippen LogP contribution in [0.15, 0.2) is 46.0 Å². The molecule has 0 bridgehead atoms. The predicted octanol–water partition coefficient (Wildman–Crippen LogP) is 2.77. The molecule has 0 radical (unpaired) electrons. The number of amides is 1. The Kier molecular flexibility index (Phi) is 7.67. The zero-order chi connectivity index (χ0) is 18.6. The maximum absolute atomic E-state index is 12.2. The lowest BCUT2D eigenvalue weighted by Crippen LogP contribution is -2.46. The van der Waals surface area contributed by atoms with Crippen LogP contribution in [0.2, 0.25) is 0 Å². The molecular formula is C18H24ClN3O3S2. The van der Waals surface area contributed by atoms with E-state index in [9.17, 15) is 13.2 Å². The molecule has 148 valence electrons. The first-order chi connectivity index (χ1) is 12.4. The second kappa shape index (κ2) is 9.54. The molecule has 2 heterocycles. The van der Waals surface area contributed by atoms with Crippen LogP contribution in [0.25, 0.3) is 0 Å². The first kappa shape index (κ1) is 21.7. The van der Waals surface area contributed by atoms with Gasteiger partial charge in [0.1, 0.15) is 4.21 Å². The summed E-state index contributed by atoms with van der Waals surface area (Å²) in [4.78, 5) is 12.2. The Morgan fingerprint density at radius 3 is 2.63 bits per heavy atom. The Morgan fingerprint density at radius 1 is 1.26 bits per heavy atom. The van der Waals surface area contributed by atoms with E-state index in [1.807, 2.05) is 0 Å². The summed E-state index contributed by atoms with van der Waals surface area (Å²) in [5.41, 5.74) is 1.33. The summed E-state index contributed by atoms with van der Waals surface area (Å²) < 4.78 is 27.2. The van der Waals surface area contributed by atoms with Gasteiger partial charge >= 0.3 is 0 Å². The van der Waals surface area contributed by atoms with Crippen molar-refractivity contribution in [2.45, 2.75) is 42.5 Å². The van der Waals surface area contributed by atoms with E-state index in [0.717, 1.165) is 24.9 Å². The molecule has 3 N–H and O–H groups in total. The Bertz CT molecular complexity index is 839. The van der Waals surface area contributed by atoms with Crippen molar-refractivity contribution in [1.29, 1.82) is 0 Å². The third-order valence-electron chi connectivity index (χ3n) is 4.32. The molecule has 1 aliphatic heterocycles. The number of nitrogens with one attached hydrogen (secondary N) is 3. The molecule has 1 amide bonds. The highest BCUT2D eigenvalue weighted by atomic mass is 35.5. The number of rotatable bonds is 6. The van der Waals surface area contributed by atoms with E-state index in [2.05, 4.69) is 22.3 Å². The average Bonchev–Trinajstić information content (AvgIpc) is 3.12. The molecule has 27 heavy (non-hydrogen) atoms. The predicted molar refractivity (Wildman–Crippen MR) is 111 cm³/mol. The molecule has 1 aromatic heterocycles. The second-order valence-electron chi connectivity index (χ2n) is 6.56. The minimum absolute atomic E-state index is 0. The van der Waals surface area contributed by atoms with Gasteiger partial charge in [0, 0.05) is 17.8 Å². The zero-order valence-electron chi connectivity index (χ0n) is 15.0. The molecule has 1 saturated heterocycles. The monoisotopic (exact) mass is 429 g/mol. The van der Waals surface area contributed by atoms with Crippen molar-refractivity contribution in [3.8, 4) is 0 Å². The highest BCUT2D eigenvalue weighted by Gasteiger charge is 2.20. The summed E-state index contributed by atoms with van der Waals surface area (Å²) in [5.74, 6) is -0.00369. The fraction of sp³-hybridized carbons (Fsp3) is 0.389. The largest absolute Gasteiger partial charge is 0.353 e. The third kappa shape index (κ3) is 6.21. The van der Waals surface area contributed by atoms with Gasteiger partial charge in [0.25, 0.3) is 10.0 Å². The van der Waals surface area contributed by atoms with Crippen molar-refractivity contribution in [3.05, 3.63) is 47.3 Å². The summed E-state index contributed by atoms with van der Waals surface area (Å²) >= 11 is 1.17. The van der Waals surface area contributed by atoms with Gasteiger partial charge in [0.05, 0.1) is 6.42 Å². The Hall–Kier alpha value is -1.61. The average molecular weight is 430 g/mol. The summed E-state index contributed by atoms with van der Waals surface area (Å²) in [6.45, 7) is 3.04. The number of anilines is 1. The van der Waals surface area contributed by atoms with Gasteiger partial charge in [0.2, 0.25) is 5.91 Å². The normalized spacial score (nSPS) is 19.7. The molecule has 1 aromatic carbocycles. The van der Waals surface area contributed by atoms with E-state index >= 15 is 0 Å². The smallest absolute Gasteiger partial charge is 0.271 e. The van der Waals surface area contributed by atoms with Gasteiger partial charge in [-0.25, -0.2) is 8.42 Å². The number of halogens is 1. The number of piperidine rings is 1. The summed E-state index contributed by atoms with van der Waals surface area (Å²) in [6.07, 6.45) is 2.17. The van der Waals surface area contributed by atoms with Crippen LogP contribution in [0, 0.1) is 0 Å². The minimum atomic E-state index is -3.55. The molecule has 2 unspecified atom stereocenters. The fourth-order valence-corrected chi connectivity index (χ4v) is 5.09. The summed E-state index contributed by atoms with van der Waals surface area (Å²) in [5, 5.41) is 8.16. The first-order valence-electron chi connectivity index (χ1n) is 8.60. The molecule has 0 aliphatic carbocycles. The number of hydrogen-bond acceptors (Lipinski definition) is 5. The molecule has 0 spiro atoms. The Labute approximate surface area is 170 Å². The highest BCUT2D eigenvalue weighted by molar-refractivity contribution is 7.94. The molecule has 1 fully saturated rings. The molecule has 2 aromatic rings. The first-order valence-corrected chi connectivity index (χ1v) is 11.0. The molecule has 2 atom stereocenters. The van der Waals surface area contributed by atoms with Gasteiger partial charge in [-0.3, -0.25) is 9.52 Å². The van der Waals surface area contributed by atoms with Gasteiger partial charge in [-0.2, -0.15) is 0 Å². The maximum Gasteiger partial charge on any atom is 0.271 e. The van der Waals surface area contributed by atoms with Gasteiger partial charge in [-0.05, 0) is 55.5 Å². The molecule has 0 saturated carbocycles. The van der Waals surface area contributed by atoms with E-state index in [-0.39, 0.29) is 35.0 Å². The standard InChI is InChI=1S/C18H23N3O3S2.ClH/c1-13-11-16(8-9-19-13)20-17(22)12-14-4-6-15(7-5-14)21-26(23,24)18-3-2-10-25-18;/h2-7,10,13,16,19,21H,8-9,11-12H2,1H3,(H,20,22);1H. The van der Waals surface area contributed by atoms with Crippen LogP contribution < -0.4 is 15.4 Å². The lowest BCUT2D eigenvalue weighted by molar-refractivity contribution is -0.121. The third-order valence-corrected chi connectivity index (χ3v) is 7.10. The number of thiophene rings is 1. The van der Waals surface area contributed by atoms with Crippen molar-refractivity contribution >= 4 is 45.4 Å². The van der Waals surface area contributed by atoms with Crippen LogP contribution in [0.1, 0.15) is 25.3 Å². The fourth-order valence-electron chi connectivity index (χ4n) is 3.04. The number of hydrogen-bond donors (Lipinski definition) is 3. The Balaban J connectivity index is 0.00000261. The van der Waals surface area contributed by atoms with Crippen molar-refractivity contribution in [3.63, 3.8) is 0 Å². The molecule has 6 nitrogen and oxygen atoms in total. The van der Waals surface area contributed by atoms with Crippen molar-refractivity contribution in [1.82, 2.24) is 10.6 Å². The second-order valence-corrected chi connectivity index (χ2v) is 9.41. The van der Waals surface area contributed by atoms with E-state index < -0.39 is 10.0 Å². The minimum Gasteiger partial charge on any atom is -0.353 e. The van der Waals surface area contributed by atoms with E-state index in [1.165, 1.54) is 11.3 Å². The van der Waals surface area contributed by atoms with Gasteiger partial charge in [-0.15, -0.1) is 23.7 Å². The van der Waals surface area contributed by atoms with Gasteiger partial charge < -0.3 is 10.6 Å². The van der Waals surface area contributed by atoms with Crippen molar-refractivity contribution < 1.29 is 13.2 Å². The zero-order valence-corrected chi connectivity index (χ0v) is 17.4. The van der Waals surface area contributed by atoms with Gasteiger partial charge in [0.15, 0.2) is 0 Å². The summed E-state index contributed by atoms with van der Waals surface area (Å²) in [6, 6.07) is 10.8. The molecule has 3 rings (SSSR count). The van der Waals surface area contributed by atoms with Crippen LogP contribution in [0.3, 0.4) is 0 Å². The van der Waals surface area contributed by atoms with Crippen molar-refractivity contribution in [2.24, 2.45) is 0 Å². The molecule has 9 heteroatoms. The van der Waals surface area contributed by atoms with E-state index in [4.69, 9.17) is 0 Å². The maximum atomic E-state index is 12.2. The lowest BCUT2D eigenvalue weighted by atomic mass is 10.0. The quantitative estimate of drug-likeness (QED) is 0.658. The molecule has 1 aliphatic rings. The Morgan fingerprint density at radius 2 is 2.00 bits per heavy atom. The number of carbonyl (C=O) groups is 1. The lowest BCUT2D eigenvalue weighted by Gasteiger charge is -2.28. The van der Waals surface area contributed by atoms with Gasteiger partial charge in [-0.1, -0.05) is 18.2 Å². The van der Waals surface area contributed by atoms with Crippen LogP contribution in [-0.4, -0.2) is 33.0 Å². The topological polar surface area (TPSA) is 87.3 Å². The SMILES string of the molecule is CC1CC(NC(=O)Cc2ccc(NS(=O)(=O)c3cccs3)cc2)CCN1.Cl. The van der Waals surface area contributed by atoms with Crippen LogP contribution in [-0.2, 0) is 21.2 Å². The van der Waals surface area contributed by atoms with E-state index in [0.29, 0.717) is 11.7 Å².